The number of anilines is 2. The van der Waals surface area contributed by atoms with Crippen LogP contribution in [0.25, 0.3) is 22.4 Å². The van der Waals surface area contributed by atoms with Crippen LogP contribution in [0.2, 0.25) is 0 Å². The number of hydrogen-bond donors (Lipinski definition) is 2. The van der Waals surface area contributed by atoms with Gasteiger partial charge in [-0.25, -0.2) is 9.37 Å². The van der Waals surface area contributed by atoms with Crippen molar-refractivity contribution in [3.05, 3.63) is 59.9 Å². The lowest BCUT2D eigenvalue weighted by molar-refractivity contribution is 0.169. The Morgan fingerprint density at radius 3 is 2.79 bits per heavy atom. The molecule has 8 heteroatoms. The van der Waals surface area contributed by atoms with Crippen LogP contribution < -0.4 is 5.32 Å². The molecular weight excluding hydrogens is 371 g/mol. The maximum atomic E-state index is 14.3. The van der Waals surface area contributed by atoms with Gasteiger partial charge in [0.15, 0.2) is 5.82 Å². The molecule has 0 aliphatic heterocycles. The number of pyridine rings is 3. The lowest BCUT2D eigenvalue weighted by Crippen LogP contribution is -2.11. The van der Waals surface area contributed by atoms with Crippen LogP contribution in [0.15, 0.2) is 42.9 Å². The Morgan fingerprint density at radius 1 is 1.17 bits per heavy atom. The lowest BCUT2D eigenvalue weighted by atomic mass is 10.1. The maximum Gasteiger partial charge on any atom is 0.151 e. The molecule has 7 nitrogen and oxygen atoms in total. The highest BCUT2D eigenvalue weighted by molar-refractivity contribution is 5.89. The number of nitrogens with zero attached hydrogens (tertiary/aromatic N) is 5. The fourth-order valence-electron chi connectivity index (χ4n) is 3.09. The quantitative estimate of drug-likeness (QED) is 0.537. The highest BCUT2D eigenvalue weighted by atomic mass is 19.1. The fraction of sp³-hybridized carbons (Fsp3) is 0.238. The van der Waals surface area contributed by atoms with Crippen molar-refractivity contribution in [2.75, 3.05) is 5.32 Å². The zero-order valence-electron chi connectivity index (χ0n) is 16.4. The zero-order chi connectivity index (χ0) is 20.5. The van der Waals surface area contributed by atoms with Crippen LogP contribution in [0.3, 0.4) is 0 Å². The van der Waals surface area contributed by atoms with Gasteiger partial charge in [0.1, 0.15) is 16.7 Å². The highest BCUT2D eigenvalue weighted by Gasteiger charge is 2.13. The number of aliphatic hydroxyl groups is 1. The number of halogens is 1. The molecule has 148 valence electrons. The maximum absolute atomic E-state index is 14.3. The Kier molecular flexibility index (Phi) is 4.94. The molecule has 0 saturated carbocycles. The van der Waals surface area contributed by atoms with Gasteiger partial charge in [-0.1, -0.05) is 0 Å². The van der Waals surface area contributed by atoms with E-state index in [1.54, 1.807) is 42.3 Å². The molecule has 0 radical (unpaired) electrons. The van der Waals surface area contributed by atoms with Gasteiger partial charge in [-0.05, 0) is 50.6 Å². The molecule has 29 heavy (non-hydrogen) atoms. The molecule has 0 bridgehead atoms. The number of aryl methyl sites for hydroxylation is 2. The first-order valence-electron chi connectivity index (χ1n) is 9.28. The van der Waals surface area contributed by atoms with Gasteiger partial charge in [0.05, 0.1) is 30.2 Å². The number of fused-ring (bicyclic) bond motifs is 1. The predicted molar refractivity (Wildman–Crippen MR) is 109 cm³/mol. The number of rotatable bonds is 5. The van der Waals surface area contributed by atoms with Crippen molar-refractivity contribution < 1.29 is 9.50 Å². The number of hydrogen-bond acceptors (Lipinski definition) is 6. The summed E-state index contributed by atoms with van der Waals surface area (Å²) in [6, 6.07) is 6.63. The third kappa shape index (κ3) is 3.93. The Hall–Kier alpha value is -3.39. The van der Waals surface area contributed by atoms with E-state index in [0.29, 0.717) is 23.3 Å². The molecule has 0 fully saturated rings. The van der Waals surface area contributed by atoms with E-state index in [0.717, 1.165) is 22.6 Å². The van der Waals surface area contributed by atoms with Crippen LogP contribution in [0.4, 0.5) is 15.8 Å². The minimum Gasteiger partial charge on any atom is -0.391 e. The minimum atomic E-state index is -0.512. The molecule has 0 spiro atoms. The van der Waals surface area contributed by atoms with Crippen molar-refractivity contribution in [2.24, 2.45) is 0 Å². The lowest BCUT2D eigenvalue weighted by Gasteiger charge is -2.12. The van der Waals surface area contributed by atoms with Crippen LogP contribution in [-0.4, -0.2) is 35.9 Å². The molecule has 1 unspecified atom stereocenters. The first kappa shape index (κ1) is 18.9. The Morgan fingerprint density at radius 2 is 2.00 bits per heavy atom. The monoisotopic (exact) mass is 392 g/mol. The molecule has 4 heterocycles. The molecule has 4 aromatic rings. The van der Waals surface area contributed by atoms with Crippen molar-refractivity contribution in [3.63, 3.8) is 0 Å². The average molecular weight is 392 g/mol. The fourth-order valence-corrected chi connectivity index (χ4v) is 3.09. The summed E-state index contributed by atoms with van der Waals surface area (Å²) in [6.07, 6.45) is 4.66. The van der Waals surface area contributed by atoms with Gasteiger partial charge in [-0.15, -0.1) is 0 Å². The van der Waals surface area contributed by atoms with Gasteiger partial charge in [0.25, 0.3) is 0 Å². The van der Waals surface area contributed by atoms with Gasteiger partial charge in [0.2, 0.25) is 0 Å². The topological polar surface area (TPSA) is 88.8 Å². The molecule has 0 amide bonds. The largest absolute Gasteiger partial charge is 0.391 e. The van der Waals surface area contributed by atoms with E-state index in [4.69, 9.17) is 0 Å². The molecule has 1 atom stereocenters. The first-order chi connectivity index (χ1) is 13.9. The van der Waals surface area contributed by atoms with E-state index in [1.807, 2.05) is 19.9 Å². The van der Waals surface area contributed by atoms with Crippen molar-refractivity contribution in [1.29, 1.82) is 0 Å². The second-order valence-electron chi connectivity index (χ2n) is 7.09. The average Bonchev–Trinajstić information content (AvgIpc) is 3.08. The number of nitrogens with one attached hydrogen (secondary N) is 1. The van der Waals surface area contributed by atoms with Gasteiger partial charge in [-0.2, -0.15) is 5.10 Å². The first-order valence-corrected chi connectivity index (χ1v) is 9.28. The van der Waals surface area contributed by atoms with Crippen LogP contribution in [-0.2, 0) is 6.54 Å². The smallest absolute Gasteiger partial charge is 0.151 e. The summed E-state index contributed by atoms with van der Waals surface area (Å²) in [5.41, 5.74) is 5.22. The van der Waals surface area contributed by atoms with Crippen molar-refractivity contribution in [3.8, 4) is 11.4 Å². The summed E-state index contributed by atoms with van der Waals surface area (Å²) >= 11 is 0. The molecule has 4 rings (SSSR count). The Bertz CT molecular complexity index is 1190. The Balaban J connectivity index is 1.73. The van der Waals surface area contributed by atoms with Crippen molar-refractivity contribution in [1.82, 2.24) is 24.7 Å². The summed E-state index contributed by atoms with van der Waals surface area (Å²) in [4.78, 5) is 13.0. The van der Waals surface area contributed by atoms with Crippen molar-refractivity contribution >= 4 is 22.4 Å². The van der Waals surface area contributed by atoms with Gasteiger partial charge in [-0.3, -0.25) is 14.6 Å². The van der Waals surface area contributed by atoms with E-state index < -0.39 is 11.9 Å². The van der Waals surface area contributed by atoms with Crippen LogP contribution in [0.1, 0.15) is 18.2 Å². The van der Waals surface area contributed by atoms with E-state index in [2.05, 4.69) is 25.4 Å². The molecule has 0 aromatic carbocycles. The molecule has 0 saturated heterocycles. The third-order valence-corrected chi connectivity index (χ3v) is 4.50. The SMILES string of the molecule is Cc1ccc(F)c(-c2cc(Nc3ccnc4cn(CC(C)O)nc34)c(C)cn2)n1. The van der Waals surface area contributed by atoms with Gasteiger partial charge < -0.3 is 10.4 Å². The molecule has 0 aliphatic carbocycles. The van der Waals surface area contributed by atoms with Crippen LogP contribution in [0.5, 0.6) is 0 Å². The van der Waals surface area contributed by atoms with E-state index in [-0.39, 0.29) is 5.69 Å². The highest BCUT2D eigenvalue weighted by Crippen LogP contribution is 2.29. The van der Waals surface area contributed by atoms with Crippen LogP contribution >= 0.6 is 0 Å². The summed E-state index contributed by atoms with van der Waals surface area (Å²) in [5.74, 6) is -0.416. The molecular formula is C21H21FN6O. The number of aromatic nitrogens is 5. The summed E-state index contributed by atoms with van der Waals surface area (Å²) in [6.45, 7) is 5.82. The van der Waals surface area contributed by atoms with Gasteiger partial charge in [0, 0.05) is 23.8 Å². The van der Waals surface area contributed by atoms with Gasteiger partial charge >= 0.3 is 0 Å². The summed E-state index contributed by atoms with van der Waals surface area (Å²) in [5, 5.41) is 17.5. The van der Waals surface area contributed by atoms with E-state index in [1.165, 1.54) is 6.07 Å². The zero-order valence-corrected chi connectivity index (χ0v) is 16.4. The van der Waals surface area contributed by atoms with E-state index in [9.17, 15) is 9.50 Å². The second kappa shape index (κ2) is 7.56. The molecule has 0 aliphatic rings. The Labute approximate surface area is 167 Å². The standard InChI is InChI=1S/C21H21FN6O/c1-12-9-24-18(20-15(22)5-4-13(2)25-20)8-17(12)26-16-6-7-23-19-11-28(10-14(3)29)27-21(16)19/h4-9,11,14,29H,10H2,1-3H3,(H,24,26). The summed E-state index contributed by atoms with van der Waals surface area (Å²) < 4.78 is 15.9. The summed E-state index contributed by atoms with van der Waals surface area (Å²) in [7, 11) is 0. The normalized spacial score (nSPS) is 12.3. The predicted octanol–water partition coefficient (Wildman–Crippen LogP) is 3.77. The van der Waals surface area contributed by atoms with Crippen LogP contribution in [0, 0.1) is 19.7 Å². The number of aliphatic hydroxyl groups excluding tert-OH is 1. The minimum absolute atomic E-state index is 0.217. The second-order valence-corrected chi connectivity index (χ2v) is 7.09. The van der Waals surface area contributed by atoms with Crippen molar-refractivity contribution in [2.45, 2.75) is 33.4 Å². The molecule has 2 N–H and O–H groups in total. The van der Waals surface area contributed by atoms with E-state index >= 15 is 0 Å². The third-order valence-electron chi connectivity index (χ3n) is 4.50. The molecule has 4 aromatic heterocycles.